The SMILES string of the molecule is Cc1cc(C)nc(N(CCN)C2CC2)n1. The van der Waals surface area contributed by atoms with Gasteiger partial charge in [0.05, 0.1) is 0 Å². The van der Waals surface area contributed by atoms with Gasteiger partial charge in [0.15, 0.2) is 0 Å². The molecule has 1 fully saturated rings. The van der Waals surface area contributed by atoms with Gasteiger partial charge in [-0.25, -0.2) is 9.97 Å². The summed E-state index contributed by atoms with van der Waals surface area (Å²) in [5.41, 5.74) is 7.67. The lowest BCUT2D eigenvalue weighted by atomic mass is 10.3. The fourth-order valence-electron chi connectivity index (χ4n) is 1.81. The van der Waals surface area contributed by atoms with Crippen molar-refractivity contribution >= 4 is 5.95 Å². The first kappa shape index (κ1) is 10.4. The number of anilines is 1. The van der Waals surface area contributed by atoms with Gasteiger partial charge >= 0.3 is 0 Å². The third kappa shape index (κ3) is 2.45. The Labute approximate surface area is 90.5 Å². The fraction of sp³-hybridized carbons (Fsp3) is 0.636. The first-order valence-electron chi connectivity index (χ1n) is 5.49. The lowest BCUT2D eigenvalue weighted by Crippen LogP contribution is -2.33. The van der Waals surface area contributed by atoms with E-state index in [9.17, 15) is 0 Å². The summed E-state index contributed by atoms with van der Waals surface area (Å²) in [4.78, 5) is 11.2. The Morgan fingerprint density at radius 1 is 1.33 bits per heavy atom. The molecule has 0 spiro atoms. The molecule has 1 aromatic heterocycles. The van der Waals surface area contributed by atoms with Crippen molar-refractivity contribution < 1.29 is 0 Å². The lowest BCUT2D eigenvalue weighted by molar-refractivity contribution is 0.748. The minimum Gasteiger partial charge on any atom is -0.337 e. The summed E-state index contributed by atoms with van der Waals surface area (Å²) in [6.45, 7) is 5.53. The van der Waals surface area contributed by atoms with Gasteiger partial charge in [-0.2, -0.15) is 0 Å². The number of nitrogens with zero attached hydrogens (tertiary/aromatic N) is 3. The molecule has 0 aromatic carbocycles. The zero-order valence-corrected chi connectivity index (χ0v) is 9.40. The van der Waals surface area contributed by atoms with Gasteiger partial charge in [0.1, 0.15) is 0 Å². The normalized spacial score (nSPS) is 15.4. The topological polar surface area (TPSA) is 55.0 Å². The van der Waals surface area contributed by atoms with E-state index in [1.165, 1.54) is 12.8 Å². The molecule has 1 aliphatic rings. The molecule has 0 radical (unpaired) electrons. The molecule has 2 rings (SSSR count). The average Bonchev–Trinajstić information content (AvgIpc) is 2.95. The largest absolute Gasteiger partial charge is 0.337 e. The molecule has 0 aliphatic heterocycles. The van der Waals surface area contributed by atoms with Gasteiger partial charge in [-0.1, -0.05) is 0 Å². The van der Waals surface area contributed by atoms with E-state index in [2.05, 4.69) is 14.9 Å². The standard InChI is InChI=1S/C11H18N4/c1-8-7-9(2)14-11(13-8)15(6-5-12)10-3-4-10/h7,10H,3-6,12H2,1-2H3. The third-order valence-corrected chi connectivity index (χ3v) is 2.59. The summed E-state index contributed by atoms with van der Waals surface area (Å²) in [6.07, 6.45) is 2.49. The molecule has 4 heteroatoms. The Bertz CT molecular complexity index is 326. The van der Waals surface area contributed by atoms with Crippen molar-refractivity contribution in [3.8, 4) is 0 Å². The minimum atomic E-state index is 0.620. The molecular formula is C11H18N4. The molecule has 82 valence electrons. The number of aryl methyl sites for hydroxylation is 2. The van der Waals surface area contributed by atoms with Gasteiger partial charge in [0.2, 0.25) is 5.95 Å². The molecule has 4 nitrogen and oxygen atoms in total. The molecule has 0 atom stereocenters. The van der Waals surface area contributed by atoms with Crippen molar-refractivity contribution in [3.63, 3.8) is 0 Å². The van der Waals surface area contributed by atoms with Crippen LogP contribution in [0, 0.1) is 13.8 Å². The Morgan fingerprint density at radius 2 is 1.93 bits per heavy atom. The fourth-order valence-corrected chi connectivity index (χ4v) is 1.81. The van der Waals surface area contributed by atoms with Crippen LogP contribution in [0.15, 0.2) is 6.07 Å². The van der Waals surface area contributed by atoms with Crippen LogP contribution in [0.3, 0.4) is 0 Å². The van der Waals surface area contributed by atoms with Crippen LogP contribution in [-0.2, 0) is 0 Å². The summed E-state index contributed by atoms with van der Waals surface area (Å²) in [5, 5.41) is 0. The van der Waals surface area contributed by atoms with Crippen molar-refractivity contribution in [2.45, 2.75) is 32.7 Å². The maximum Gasteiger partial charge on any atom is 0.226 e. The highest BCUT2D eigenvalue weighted by atomic mass is 15.3. The molecule has 1 heterocycles. The third-order valence-electron chi connectivity index (χ3n) is 2.59. The van der Waals surface area contributed by atoms with E-state index >= 15 is 0 Å². The minimum absolute atomic E-state index is 0.620. The number of hydrogen-bond acceptors (Lipinski definition) is 4. The highest BCUT2D eigenvalue weighted by Crippen LogP contribution is 2.29. The van der Waals surface area contributed by atoms with E-state index in [-0.39, 0.29) is 0 Å². The summed E-state index contributed by atoms with van der Waals surface area (Å²) in [6, 6.07) is 2.62. The molecular weight excluding hydrogens is 188 g/mol. The van der Waals surface area contributed by atoms with E-state index in [4.69, 9.17) is 5.73 Å². The van der Waals surface area contributed by atoms with Gasteiger partial charge in [-0.3, -0.25) is 0 Å². The van der Waals surface area contributed by atoms with Gasteiger partial charge in [-0.05, 0) is 32.8 Å². The highest BCUT2D eigenvalue weighted by molar-refractivity contribution is 5.35. The first-order chi connectivity index (χ1) is 7.20. The number of hydrogen-bond donors (Lipinski definition) is 1. The predicted molar refractivity (Wildman–Crippen MR) is 60.9 cm³/mol. The summed E-state index contributed by atoms with van der Waals surface area (Å²) in [5.74, 6) is 0.848. The molecule has 0 bridgehead atoms. The number of nitrogens with two attached hydrogens (primary N) is 1. The maximum absolute atomic E-state index is 5.61. The predicted octanol–water partition coefficient (Wildman–Crippen LogP) is 1.02. The summed E-state index contributed by atoms with van der Waals surface area (Å²) < 4.78 is 0. The van der Waals surface area contributed by atoms with Crippen molar-refractivity contribution in [1.29, 1.82) is 0 Å². The van der Waals surface area contributed by atoms with Gasteiger partial charge < -0.3 is 10.6 Å². The van der Waals surface area contributed by atoms with Crippen molar-refractivity contribution in [3.05, 3.63) is 17.5 Å². The van der Waals surface area contributed by atoms with Crippen LogP contribution < -0.4 is 10.6 Å². The van der Waals surface area contributed by atoms with Crippen molar-refractivity contribution in [2.24, 2.45) is 5.73 Å². The van der Waals surface area contributed by atoms with E-state index in [0.29, 0.717) is 12.6 Å². The Balaban J connectivity index is 2.24. The Morgan fingerprint density at radius 3 is 2.40 bits per heavy atom. The average molecular weight is 206 g/mol. The van der Waals surface area contributed by atoms with Crippen LogP contribution in [-0.4, -0.2) is 29.1 Å². The molecule has 0 saturated heterocycles. The smallest absolute Gasteiger partial charge is 0.226 e. The maximum atomic E-state index is 5.61. The van der Waals surface area contributed by atoms with E-state index in [0.717, 1.165) is 23.9 Å². The number of aromatic nitrogens is 2. The van der Waals surface area contributed by atoms with Crippen LogP contribution in [0.2, 0.25) is 0 Å². The second-order valence-electron chi connectivity index (χ2n) is 4.16. The molecule has 1 aromatic rings. The molecule has 0 amide bonds. The van der Waals surface area contributed by atoms with Gasteiger partial charge in [0, 0.05) is 30.5 Å². The summed E-state index contributed by atoms with van der Waals surface area (Å²) in [7, 11) is 0. The van der Waals surface area contributed by atoms with Crippen LogP contribution in [0.1, 0.15) is 24.2 Å². The molecule has 15 heavy (non-hydrogen) atoms. The van der Waals surface area contributed by atoms with Crippen molar-refractivity contribution in [2.75, 3.05) is 18.0 Å². The zero-order valence-electron chi connectivity index (χ0n) is 9.40. The summed E-state index contributed by atoms with van der Waals surface area (Å²) >= 11 is 0. The molecule has 1 aliphatic carbocycles. The van der Waals surface area contributed by atoms with Crippen LogP contribution in [0.4, 0.5) is 5.95 Å². The molecule has 1 saturated carbocycles. The zero-order chi connectivity index (χ0) is 10.8. The Hall–Kier alpha value is -1.16. The number of rotatable bonds is 4. The highest BCUT2D eigenvalue weighted by Gasteiger charge is 2.30. The molecule has 0 unspecified atom stereocenters. The second kappa shape index (κ2) is 4.14. The Kier molecular flexibility index (Phi) is 2.86. The van der Waals surface area contributed by atoms with Crippen LogP contribution in [0.5, 0.6) is 0 Å². The van der Waals surface area contributed by atoms with E-state index < -0.39 is 0 Å². The second-order valence-corrected chi connectivity index (χ2v) is 4.16. The van der Waals surface area contributed by atoms with E-state index in [1.807, 2.05) is 19.9 Å². The van der Waals surface area contributed by atoms with Crippen LogP contribution in [0.25, 0.3) is 0 Å². The monoisotopic (exact) mass is 206 g/mol. The van der Waals surface area contributed by atoms with Crippen molar-refractivity contribution in [1.82, 2.24) is 9.97 Å². The lowest BCUT2D eigenvalue weighted by Gasteiger charge is -2.21. The first-order valence-corrected chi connectivity index (χ1v) is 5.49. The molecule has 2 N–H and O–H groups in total. The van der Waals surface area contributed by atoms with Gasteiger partial charge in [0.25, 0.3) is 0 Å². The van der Waals surface area contributed by atoms with Gasteiger partial charge in [-0.15, -0.1) is 0 Å². The van der Waals surface area contributed by atoms with Crippen LogP contribution >= 0.6 is 0 Å². The van der Waals surface area contributed by atoms with E-state index in [1.54, 1.807) is 0 Å². The quantitative estimate of drug-likeness (QED) is 0.799.